The van der Waals surface area contributed by atoms with Crippen LogP contribution >= 0.6 is 11.8 Å². The molecule has 0 spiro atoms. The lowest BCUT2D eigenvalue weighted by molar-refractivity contribution is -0.144. The fourth-order valence-electron chi connectivity index (χ4n) is 1.83. The maximum atomic E-state index is 13.4. The molecule has 0 radical (unpaired) electrons. The van der Waals surface area contributed by atoms with Gasteiger partial charge in [0.05, 0.1) is 5.75 Å². The number of carbonyl (C=O) groups excluding carboxylic acids is 2. The van der Waals surface area contributed by atoms with Gasteiger partial charge in [0.15, 0.2) is 6.61 Å². The third kappa shape index (κ3) is 7.18. The maximum absolute atomic E-state index is 13.4. The molecule has 2 rings (SSSR count). The van der Waals surface area contributed by atoms with Crippen LogP contribution in [0, 0.1) is 11.6 Å². The third-order valence-electron chi connectivity index (χ3n) is 2.97. The molecule has 0 bridgehead atoms. The van der Waals surface area contributed by atoms with Crippen LogP contribution in [0.5, 0.6) is 5.75 Å². The highest BCUT2D eigenvalue weighted by Gasteiger charge is 2.11. The summed E-state index contributed by atoms with van der Waals surface area (Å²) in [6.45, 7) is -3.55. The topological polar surface area (TPSA) is 64.6 Å². The van der Waals surface area contributed by atoms with Crippen LogP contribution in [0.3, 0.4) is 0 Å². The molecule has 0 heterocycles. The van der Waals surface area contributed by atoms with E-state index in [-0.39, 0.29) is 22.1 Å². The van der Waals surface area contributed by atoms with Crippen LogP contribution in [0.15, 0.2) is 47.4 Å². The number of nitrogens with one attached hydrogen (secondary N) is 1. The molecule has 0 saturated carbocycles. The van der Waals surface area contributed by atoms with Crippen molar-refractivity contribution in [3.63, 3.8) is 0 Å². The van der Waals surface area contributed by atoms with Gasteiger partial charge >= 0.3 is 12.6 Å². The van der Waals surface area contributed by atoms with Crippen LogP contribution in [0.4, 0.5) is 23.2 Å². The first-order chi connectivity index (χ1) is 12.8. The fraction of sp³-hybridized carbons (Fsp3) is 0.176. The van der Waals surface area contributed by atoms with E-state index in [2.05, 4.69) is 10.1 Å². The molecule has 27 heavy (non-hydrogen) atoms. The number of halogens is 4. The second-order valence-corrected chi connectivity index (χ2v) is 5.99. The number of hydrogen-bond donors (Lipinski definition) is 1. The Hall–Kier alpha value is -2.75. The van der Waals surface area contributed by atoms with Gasteiger partial charge in [0.1, 0.15) is 17.4 Å². The predicted molar refractivity (Wildman–Crippen MR) is 89.7 cm³/mol. The van der Waals surface area contributed by atoms with Crippen molar-refractivity contribution in [1.29, 1.82) is 0 Å². The number of alkyl halides is 2. The molecule has 5 nitrogen and oxygen atoms in total. The molecular formula is C17H13F4NO4S. The summed E-state index contributed by atoms with van der Waals surface area (Å²) in [5.41, 5.74) is 0.286. The minimum Gasteiger partial charge on any atom is -0.455 e. The molecule has 144 valence electrons. The van der Waals surface area contributed by atoms with E-state index < -0.39 is 36.7 Å². The molecule has 10 heteroatoms. The lowest BCUT2D eigenvalue weighted by atomic mass is 10.3. The van der Waals surface area contributed by atoms with E-state index in [9.17, 15) is 27.2 Å². The van der Waals surface area contributed by atoms with Crippen molar-refractivity contribution in [2.75, 3.05) is 17.7 Å². The zero-order valence-corrected chi connectivity index (χ0v) is 14.4. The lowest BCUT2D eigenvalue weighted by Gasteiger charge is -2.08. The minimum atomic E-state index is -2.96. The van der Waals surface area contributed by atoms with Gasteiger partial charge in [-0.2, -0.15) is 8.78 Å². The highest BCUT2D eigenvalue weighted by molar-refractivity contribution is 8.00. The van der Waals surface area contributed by atoms with Crippen LogP contribution in [0.1, 0.15) is 0 Å². The van der Waals surface area contributed by atoms with Gasteiger partial charge in [0.25, 0.3) is 5.91 Å². The lowest BCUT2D eigenvalue weighted by Crippen LogP contribution is -2.21. The quantitative estimate of drug-likeness (QED) is 0.412. The van der Waals surface area contributed by atoms with E-state index in [1.807, 2.05) is 0 Å². The number of esters is 1. The maximum Gasteiger partial charge on any atom is 0.387 e. The summed E-state index contributed by atoms with van der Waals surface area (Å²) in [6.07, 6.45) is 0. The number of ether oxygens (including phenoxy) is 2. The zero-order valence-electron chi connectivity index (χ0n) is 13.6. The summed E-state index contributed by atoms with van der Waals surface area (Å²) in [4.78, 5) is 23.2. The molecule has 0 saturated heterocycles. The van der Waals surface area contributed by atoms with Gasteiger partial charge in [-0.25, -0.2) is 8.78 Å². The summed E-state index contributed by atoms with van der Waals surface area (Å²) in [5, 5.41) is 2.39. The van der Waals surface area contributed by atoms with Crippen LogP contribution in [-0.2, 0) is 14.3 Å². The Balaban J connectivity index is 1.74. The second kappa shape index (κ2) is 9.81. The molecule has 0 aliphatic carbocycles. The third-order valence-corrected chi connectivity index (χ3v) is 3.97. The number of hydrogen-bond acceptors (Lipinski definition) is 5. The Kier molecular flexibility index (Phi) is 7.47. The predicted octanol–water partition coefficient (Wildman–Crippen LogP) is 3.84. The summed E-state index contributed by atoms with van der Waals surface area (Å²) in [5.74, 6) is -3.15. The SMILES string of the molecule is O=C(COC(=O)CSc1cc(F)ccc1F)Nc1ccc(OC(F)F)cc1. The molecule has 0 fully saturated rings. The van der Waals surface area contributed by atoms with E-state index in [1.54, 1.807) is 0 Å². The number of carbonyl (C=O) groups is 2. The number of thioether (sulfide) groups is 1. The molecule has 0 unspecified atom stereocenters. The summed E-state index contributed by atoms with van der Waals surface area (Å²) in [6, 6.07) is 7.97. The fourth-order valence-corrected chi connectivity index (χ4v) is 2.59. The van der Waals surface area contributed by atoms with Crippen LogP contribution < -0.4 is 10.1 Å². The average Bonchev–Trinajstić information content (AvgIpc) is 2.62. The molecule has 0 atom stereocenters. The van der Waals surface area contributed by atoms with Crippen LogP contribution in [-0.4, -0.2) is 30.8 Å². The Labute approximate surface area is 155 Å². The molecule has 2 aromatic carbocycles. The number of anilines is 1. The molecular weight excluding hydrogens is 390 g/mol. The van der Waals surface area contributed by atoms with E-state index in [1.165, 1.54) is 24.3 Å². The zero-order chi connectivity index (χ0) is 19.8. The monoisotopic (exact) mass is 403 g/mol. The summed E-state index contributed by atoms with van der Waals surface area (Å²) >= 11 is 0.735. The van der Waals surface area contributed by atoms with Crippen molar-refractivity contribution in [3.05, 3.63) is 54.1 Å². The number of benzene rings is 2. The molecule has 0 aliphatic heterocycles. The van der Waals surface area contributed by atoms with Crippen molar-refractivity contribution in [1.82, 2.24) is 0 Å². The first-order valence-electron chi connectivity index (χ1n) is 7.41. The van der Waals surface area contributed by atoms with Gasteiger partial charge < -0.3 is 14.8 Å². The Bertz CT molecular complexity index is 802. The second-order valence-electron chi connectivity index (χ2n) is 4.98. The van der Waals surface area contributed by atoms with Crippen molar-refractivity contribution < 1.29 is 36.6 Å². The van der Waals surface area contributed by atoms with E-state index >= 15 is 0 Å². The van der Waals surface area contributed by atoms with Crippen molar-refractivity contribution in [3.8, 4) is 5.75 Å². The molecule has 2 aromatic rings. The van der Waals surface area contributed by atoms with E-state index in [0.717, 1.165) is 30.0 Å². The number of rotatable bonds is 8. The van der Waals surface area contributed by atoms with E-state index in [4.69, 9.17) is 4.74 Å². The van der Waals surface area contributed by atoms with Crippen LogP contribution in [0.25, 0.3) is 0 Å². The van der Waals surface area contributed by atoms with Gasteiger partial charge in [0.2, 0.25) is 0 Å². The van der Waals surface area contributed by atoms with E-state index in [0.29, 0.717) is 0 Å². The van der Waals surface area contributed by atoms with Gasteiger partial charge in [-0.15, -0.1) is 11.8 Å². The Morgan fingerprint density at radius 1 is 1.07 bits per heavy atom. The van der Waals surface area contributed by atoms with Gasteiger partial charge in [-0.05, 0) is 42.5 Å². The number of amides is 1. The standard InChI is InChI=1S/C17H13F4NO4S/c18-10-1-6-13(19)14(7-10)27-9-16(24)25-8-15(23)22-11-2-4-12(5-3-11)26-17(20)21/h1-7,17H,8-9H2,(H,22,23). The highest BCUT2D eigenvalue weighted by atomic mass is 32.2. The molecule has 0 aliphatic rings. The summed E-state index contributed by atoms with van der Waals surface area (Å²) < 4.78 is 59.4. The van der Waals surface area contributed by atoms with Crippen molar-refractivity contribution >= 4 is 29.3 Å². The molecule has 1 N–H and O–H groups in total. The summed E-state index contributed by atoms with van der Waals surface area (Å²) in [7, 11) is 0. The highest BCUT2D eigenvalue weighted by Crippen LogP contribution is 2.22. The van der Waals surface area contributed by atoms with Crippen molar-refractivity contribution in [2.24, 2.45) is 0 Å². The normalized spacial score (nSPS) is 10.6. The molecule has 1 amide bonds. The Morgan fingerprint density at radius 3 is 2.44 bits per heavy atom. The Morgan fingerprint density at radius 2 is 1.78 bits per heavy atom. The van der Waals surface area contributed by atoms with Crippen LogP contribution in [0.2, 0.25) is 0 Å². The molecule has 0 aromatic heterocycles. The van der Waals surface area contributed by atoms with Gasteiger partial charge in [-0.1, -0.05) is 0 Å². The first-order valence-corrected chi connectivity index (χ1v) is 8.40. The van der Waals surface area contributed by atoms with Gasteiger partial charge in [0, 0.05) is 10.6 Å². The van der Waals surface area contributed by atoms with Gasteiger partial charge in [-0.3, -0.25) is 9.59 Å². The average molecular weight is 403 g/mol. The largest absolute Gasteiger partial charge is 0.455 e. The first kappa shape index (κ1) is 20.6. The minimum absolute atomic E-state index is 0.0532. The smallest absolute Gasteiger partial charge is 0.387 e. The van der Waals surface area contributed by atoms with Crippen molar-refractivity contribution in [2.45, 2.75) is 11.5 Å².